The number of carboxylic acid groups (broad SMARTS) is 1. The summed E-state index contributed by atoms with van der Waals surface area (Å²) in [7, 11) is 0. The zero-order valence-electron chi connectivity index (χ0n) is 24.1. The van der Waals surface area contributed by atoms with Crippen molar-refractivity contribution in [1.82, 2.24) is 4.90 Å². The van der Waals surface area contributed by atoms with Gasteiger partial charge in [0, 0.05) is 18.7 Å². The number of carboxylic acids is 1. The number of hydrogen-bond acceptors (Lipinski definition) is 5. The van der Waals surface area contributed by atoms with Crippen LogP contribution in [0.5, 0.6) is 11.5 Å². The molecule has 1 amide bonds. The number of allylic oxidation sites excluding steroid dienone is 2. The SMILES string of the molecule is Cc1c2c(c(C)c([C@H](OC(C)(C)C)C(=O)O)c1C1=CCC(C)(C)CC1)CN(C(=O)c1cccc3c1OCO3)C2. The Kier molecular flexibility index (Phi) is 6.78. The van der Waals surface area contributed by atoms with Gasteiger partial charge in [-0.2, -0.15) is 0 Å². The topological polar surface area (TPSA) is 85.3 Å². The third-order valence-electron chi connectivity index (χ3n) is 8.18. The molecule has 0 spiro atoms. The second-order valence-corrected chi connectivity index (χ2v) is 12.7. The molecule has 5 rings (SSSR count). The van der Waals surface area contributed by atoms with Gasteiger partial charge in [-0.3, -0.25) is 4.79 Å². The van der Waals surface area contributed by atoms with Crippen LogP contribution in [0.15, 0.2) is 24.3 Å². The van der Waals surface area contributed by atoms with Crippen LogP contribution in [0.4, 0.5) is 0 Å². The van der Waals surface area contributed by atoms with Gasteiger partial charge < -0.3 is 24.2 Å². The molecule has 0 bridgehead atoms. The van der Waals surface area contributed by atoms with Crippen molar-refractivity contribution in [2.75, 3.05) is 6.79 Å². The first-order valence-corrected chi connectivity index (χ1v) is 13.7. The number of carbonyl (C=O) groups excluding carboxylic acids is 1. The lowest BCUT2D eigenvalue weighted by Crippen LogP contribution is -2.29. The fourth-order valence-corrected chi connectivity index (χ4v) is 6.07. The van der Waals surface area contributed by atoms with Gasteiger partial charge in [0.05, 0.1) is 11.2 Å². The van der Waals surface area contributed by atoms with Crippen LogP contribution < -0.4 is 9.47 Å². The number of aliphatic carboxylic acids is 1. The zero-order chi connectivity index (χ0) is 28.3. The van der Waals surface area contributed by atoms with E-state index >= 15 is 0 Å². The maximum atomic E-state index is 13.7. The Morgan fingerprint density at radius 1 is 1.08 bits per heavy atom. The maximum absolute atomic E-state index is 13.7. The maximum Gasteiger partial charge on any atom is 0.337 e. The zero-order valence-corrected chi connectivity index (χ0v) is 24.1. The minimum absolute atomic E-state index is 0.0983. The Bertz CT molecular complexity index is 1380. The van der Waals surface area contributed by atoms with Crippen LogP contribution in [0.25, 0.3) is 5.57 Å². The number of ether oxygens (including phenoxy) is 3. The summed E-state index contributed by atoms with van der Waals surface area (Å²) >= 11 is 0. The van der Waals surface area contributed by atoms with E-state index in [2.05, 4.69) is 26.8 Å². The standard InChI is InChI=1S/C32H39NO6/c1-18-22-15-33(29(34)21-9-8-10-24-27(21)38-17-37-24)16-23(22)19(2)26(28(30(35)36)39-31(3,4)5)25(18)20-11-13-32(6,7)14-12-20/h8-11,28H,12-17H2,1-7H3,(H,35,36)/t28-/m0/s1. The van der Waals surface area contributed by atoms with Crippen LogP contribution in [-0.2, 0) is 22.6 Å². The number of benzene rings is 2. The fourth-order valence-electron chi connectivity index (χ4n) is 6.07. The molecule has 0 unspecified atom stereocenters. The molecule has 0 fully saturated rings. The summed E-state index contributed by atoms with van der Waals surface area (Å²) in [6.45, 7) is 15.2. The molecule has 7 heteroatoms. The van der Waals surface area contributed by atoms with E-state index in [1.807, 2.05) is 32.6 Å². The highest BCUT2D eigenvalue weighted by atomic mass is 16.7. The Balaban J connectivity index is 1.62. The normalized spacial score (nSPS) is 18.5. The summed E-state index contributed by atoms with van der Waals surface area (Å²) in [6, 6.07) is 5.36. The van der Waals surface area contributed by atoms with Crippen LogP contribution in [0.2, 0.25) is 0 Å². The highest BCUT2D eigenvalue weighted by molar-refractivity contribution is 5.98. The van der Waals surface area contributed by atoms with Crippen molar-refractivity contribution in [3.05, 3.63) is 63.2 Å². The smallest absolute Gasteiger partial charge is 0.337 e. The number of amides is 1. The van der Waals surface area contributed by atoms with Crippen molar-refractivity contribution in [1.29, 1.82) is 0 Å². The van der Waals surface area contributed by atoms with Crippen molar-refractivity contribution in [2.45, 2.75) is 92.5 Å². The summed E-state index contributed by atoms with van der Waals surface area (Å²) in [5.41, 5.74) is 6.92. The van der Waals surface area contributed by atoms with Crippen molar-refractivity contribution in [2.24, 2.45) is 5.41 Å². The van der Waals surface area contributed by atoms with E-state index in [9.17, 15) is 14.7 Å². The first kappa shape index (κ1) is 27.3. The van der Waals surface area contributed by atoms with Gasteiger partial charge >= 0.3 is 5.97 Å². The van der Waals surface area contributed by atoms with E-state index in [-0.39, 0.29) is 18.1 Å². The molecule has 2 heterocycles. The second kappa shape index (κ2) is 9.70. The third kappa shape index (κ3) is 5.05. The Labute approximate surface area is 230 Å². The number of carbonyl (C=O) groups is 2. The lowest BCUT2D eigenvalue weighted by molar-refractivity contribution is -0.160. The molecule has 1 N–H and O–H groups in total. The molecule has 1 aliphatic carbocycles. The number of rotatable bonds is 5. The lowest BCUT2D eigenvalue weighted by atomic mass is 9.74. The third-order valence-corrected chi connectivity index (χ3v) is 8.18. The molecule has 0 saturated carbocycles. The van der Waals surface area contributed by atoms with Gasteiger partial charge in [-0.1, -0.05) is 26.0 Å². The van der Waals surface area contributed by atoms with Crippen LogP contribution in [0, 0.1) is 19.3 Å². The average molecular weight is 534 g/mol. The first-order chi connectivity index (χ1) is 18.3. The van der Waals surface area contributed by atoms with Crippen molar-refractivity contribution in [3.63, 3.8) is 0 Å². The molecule has 0 radical (unpaired) electrons. The number of nitrogens with zero attached hydrogens (tertiary/aromatic N) is 1. The second-order valence-electron chi connectivity index (χ2n) is 12.7. The van der Waals surface area contributed by atoms with Crippen molar-refractivity contribution < 1.29 is 28.9 Å². The average Bonchev–Trinajstić information content (AvgIpc) is 3.52. The Morgan fingerprint density at radius 3 is 2.38 bits per heavy atom. The number of para-hydroxylation sites is 1. The quantitative estimate of drug-likeness (QED) is 0.459. The van der Waals surface area contributed by atoms with E-state index in [1.165, 1.54) is 5.57 Å². The predicted molar refractivity (Wildman–Crippen MR) is 149 cm³/mol. The van der Waals surface area contributed by atoms with Crippen LogP contribution in [-0.4, -0.2) is 34.3 Å². The molecular weight excluding hydrogens is 494 g/mol. The van der Waals surface area contributed by atoms with Gasteiger partial charge in [0.1, 0.15) is 0 Å². The Hall–Kier alpha value is -3.32. The van der Waals surface area contributed by atoms with Gasteiger partial charge in [-0.05, 0) is 105 Å². The summed E-state index contributed by atoms with van der Waals surface area (Å²) in [4.78, 5) is 28.3. The van der Waals surface area contributed by atoms with Crippen LogP contribution in [0.1, 0.15) is 104 Å². The van der Waals surface area contributed by atoms with Crippen LogP contribution in [0.3, 0.4) is 0 Å². The minimum atomic E-state index is -1.12. The molecule has 0 aromatic heterocycles. The monoisotopic (exact) mass is 533 g/mol. The molecule has 39 heavy (non-hydrogen) atoms. The Morgan fingerprint density at radius 2 is 1.77 bits per heavy atom. The van der Waals surface area contributed by atoms with Crippen molar-refractivity contribution in [3.8, 4) is 11.5 Å². The first-order valence-electron chi connectivity index (χ1n) is 13.7. The van der Waals surface area contributed by atoms with E-state index in [4.69, 9.17) is 14.2 Å². The fraction of sp³-hybridized carbons (Fsp3) is 0.500. The summed E-state index contributed by atoms with van der Waals surface area (Å²) < 4.78 is 17.3. The summed E-state index contributed by atoms with van der Waals surface area (Å²) in [5.74, 6) is -0.0823. The van der Waals surface area contributed by atoms with Crippen LogP contribution >= 0.6 is 0 Å². The van der Waals surface area contributed by atoms with Gasteiger partial charge in [0.15, 0.2) is 17.6 Å². The summed E-state index contributed by atoms with van der Waals surface area (Å²) in [5, 5.41) is 10.4. The molecular formula is C32H39NO6. The van der Waals surface area contributed by atoms with E-state index in [1.54, 1.807) is 18.2 Å². The molecule has 2 aromatic rings. The van der Waals surface area contributed by atoms with Gasteiger partial charge in [-0.25, -0.2) is 4.79 Å². The van der Waals surface area contributed by atoms with Gasteiger partial charge in [0.2, 0.25) is 6.79 Å². The summed E-state index contributed by atoms with van der Waals surface area (Å²) in [6.07, 6.45) is 3.99. The number of fused-ring (bicyclic) bond motifs is 2. The molecule has 2 aliphatic heterocycles. The molecule has 1 atom stereocenters. The molecule has 208 valence electrons. The van der Waals surface area contributed by atoms with E-state index in [0.29, 0.717) is 35.7 Å². The molecule has 2 aromatic carbocycles. The van der Waals surface area contributed by atoms with E-state index in [0.717, 1.165) is 47.1 Å². The number of hydrogen-bond donors (Lipinski definition) is 1. The largest absolute Gasteiger partial charge is 0.479 e. The van der Waals surface area contributed by atoms with E-state index < -0.39 is 17.7 Å². The molecule has 3 aliphatic rings. The molecule has 7 nitrogen and oxygen atoms in total. The van der Waals surface area contributed by atoms with Gasteiger partial charge in [0.25, 0.3) is 5.91 Å². The predicted octanol–water partition coefficient (Wildman–Crippen LogP) is 6.72. The van der Waals surface area contributed by atoms with Gasteiger partial charge in [-0.15, -0.1) is 0 Å². The van der Waals surface area contributed by atoms with Crippen molar-refractivity contribution >= 4 is 17.4 Å². The highest BCUT2D eigenvalue weighted by Crippen LogP contribution is 2.46. The lowest BCUT2D eigenvalue weighted by Gasteiger charge is -2.33. The minimum Gasteiger partial charge on any atom is -0.479 e. The molecule has 0 saturated heterocycles. The highest BCUT2D eigenvalue weighted by Gasteiger charge is 2.38.